The van der Waals surface area contributed by atoms with Crippen LogP contribution in [0, 0.1) is 0 Å². The van der Waals surface area contributed by atoms with Crippen LogP contribution in [0.2, 0.25) is 0 Å². The monoisotopic (exact) mass is 494 g/mol. The molecule has 0 radical (unpaired) electrons. The third-order valence-electron chi connectivity index (χ3n) is 5.96. The predicted octanol–water partition coefficient (Wildman–Crippen LogP) is 3.42. The van der Waals surface area contributed by atoms with Crippen molar-refractivity contribution in [2.24, 2.45) is 7.05 Å². The molecule has 0 aliphatic rings. The van der Waals surface area contributed by atoms with Crippen LogP contribution in [0.1, 0.15) is 31.7 Å². The van der Waals surface area contributed by atoms with E-state index in [1.165, 1.54) is 4.31 Å². The van der Waals surface area contributed by atoms with Crippen LogP contribution in [-0.4, -0.2) is 51.1 Å². The number of benzene rings is 2. The van der Waals surface area contributed by atoms with Gasteiger partial charge in [-0.15, -0.1) is 0 Å². The van der Waals surface area contributed by atoms with Crippen LogP contribution in [0.5, 0.6) is 0 Å². The van der Waals surface area contributed by atoms with Crippen LogP contribution in [0.15, 0.2) is 65.7 Å². The first-order chi connectivity index (χ1) is 16.8. The Labute approximate surface area is 205 Å². The van der Waals surface area contributed by atoms with Crippen LogP contribution < -0.4 is 5.32 Å². The van der Waals surface area contributed by atoms with E-state index in [-0.39, 0.29) is 17.2 Å². The van der Waals surface area contributed by atoms with Crippen molar-refractivity contribution in [3.8, 4) is 0 Å². The molecule has 2 aromatic carbocycles. The number of anilines is 1. The molecule has 0 bridgehead atoms. The van der Waals surface area contributed by atoms with Crippen LogP contribution in [0.25, 0.3) is 11.0 Å². The number of hydrogen-bond acceptors (Lipinski definition) is 5. The zero-order chi connectivity index (χ0) is 25.0. The van der Waals surface area contributed by atoms with Crippen molar-refractivity contribution in [3.05, 3.63) is 72.2 Å². The van der Waals surface area contributed by atoms with Gasteiger partial charge in [0.2, 0.25) is 15.9 Å². The summed E-state index contributed by atoms with van der Waals surface area (Å²) in [4.78, 5) is 17.4. The van der Waals surface area contributed by atoms with E-state index >= 15 is 0 Å². The highest BCUT2D eigenvalue weighted by atomic mass is 32.2. The number of sulfonamides is 1. The minimum Gasteiger partial charge on any atom is -0.331 e. The van der Waals surface area contributed by atoms with Crippen LogP contribution in [0.3, 0.4) is 0 Å². The normalized spacial score (nSPS) is 11.9. The van der Waals surface area contributed by atoms with Crippen molar-refractivity contribution in [1.29, 1.82) is 0 Å². The number of carbonyl (C=O) groups is 1. The molecule has 2 heterocycles. The van der Waals surface area contributed by atoms with Gasteiger partial charge in [0.25, 0.3) is 0 Å². The fourth-order valence-electron chi connectivity index (χ4n) is 4.04. The summed E-state index contributed by atoms with van der Waals surface area (Å²) in [5.74, 6) is 1.05. The maximum atomic E-state index is 12.9. The van der Waals surface area contributed by atoms with Crippen LogP contribution in [0.4, 0.5) is 5.82 Å². The number of imidazole rings is 1. The van der Waals surface area contributed by atoms with Gasteiger partial charge in [0.15, 0.2) is 5.82 Å². The highest BCUT2D eigenvalue weighted by Gasteiger charge is 2.22. The second-order valence-corrected chi connectivity index (χ2v) is 10.2. The lowest BCUT2D eigenvalue weighted by Crippen LogP contribution is -2.30. The molecule has 2 aromatic heterocycles. The molecule has 0 saturated carbocycles. The van der Waals surface area contributed by atoms with Gasteiger partial charge < -0.3 is 9.88 Å². The maximum absolute atomic E-state index is 12.9. The lowest BCUT2D eigenvalue weighted by Gasteiger charge is -2.18. The molecule has 0 spiro atoms. The van der Waals surface area contributed by atoms with E-state index in [1.54, 1.807) is 28.9 Å². The van der Waals surface area contributed by atoms with E-state index in [0.29, 0.717) is 43.2 Å². The molecule has 0 aliphatic heterocycles. The van der Waals surface area contributed by atoms with Crippen molar-refractivity contribution < 1.29 is 13.2 Å². The Morgan fingerprint density at radius 3 is 2.51 bits per heavy atom. The summed E-state index contributed by atoms with van der Waals surface area (Å²) in [6, 6.07) is 16.7. The fraction of sp³-hybridized carbons (Fsp3) is 0.320. The molecular formula is C25H30N6O3S. The highest BCUT2D eigenvalue weighted by molar-refractivity contribution is 7.89. The smallest absolute Gasteiger partial charge is 0.243 e. The third-order valence-corrected chi connectivity index (χ3v) is 8.01. The second-order valence-electron chi connectivity index (χ2n) is 8.26. The minimum atomic E-state index is -3.56. The number of amides is 1. The van der Waals surface area contributed by atoms with Gasteiger partial charge in [-0.05, 0) is 23.8 Å². The van der Waals surface area contributed by atoms with E-state index in [2.05, 4.69) is 15.4 Å². The lowest BCUT2D eigenvalue weighted by molar-refractivity contribution is -0.116. The molecule has 10 heteroatoms. The highest BCUT2D eigenvalue weighted by Crippen LogP contribution is 2.23. The van der Waals surface area contributed by atoms with Crippen molar-refractivity contribution in [1.82, 2.24) is 23.6 Å². The van der Waals surface area contributed by atoms with Crippen molar-refractivity contribution in [3.63, 3.8) is 0 Å². The van der Waals surface area contributed by atoms with E-state index in [1.807, 2.05) is 62.0 Å². The fourth-order valence-corrected chi connectivity index (χ4v) is 5.52. The average molecular weight is 495 g/mol. The summed E-state index contributed by atoms with van der Waals surface area (Å²) in [6.07, 6.45) is 2.48. The second kappa shape index (κ2) is 10.4. The Morgan fingerprint density at radius 2 is 1.80 bits per heavy atom. The number of hydrogen-bond donors (Lipinski definition) is 1. The Kier molecular flexibility index (Phi) is 7.32. The molecule has 0 aliphatic carbocycles. The Balaban J connectivity index is 1.41. The van der Waals surface area contributed by atoms with Crippen molar-refractivity contribution >= 4 is 32.8 Å². The molecule has 0 unspecified atom stereocenters. The van der Waals surface area contributed by atoms with Gasteiger partial charge in [0.05, 0.1) is 22.5 Å². The lowest BCUT2D eigenvalue weighted by atomic mass is 10.2. The molecule has 4 rings (SSSR count). The number of nitrogens with one attached hydrogen (secondary N) is 1. The predicted molar refractivity (Wildman–Crippen MR) is 136 cm³/mol. The van der Waals surface area contributed by atoms with Gasteiger partial charge in [-0.3, -0.25) is 9.48 Å². The molecule has 0 atom stereocenters. The molecule has 1 N–H and O–H groups in total. The van der Waals surface area contributed by atoms with E-state index < -0.39 is 10.0 Å². The SMILES string of the molecule is CCN(CC)S(=O)(=O)c1ccc2c(c1)nc(CCC(=O)Nc1ccn(Cc3ccccc3)n1)n2C. The zero-order valence-corrected chi connectivity index (χ0v) is 21.0. The first-order valence-corrected chi connectivity index (χ1v) is 13.1. The molecule has 184 valence electrons. The summed E-state index contributed by atoms with van der Waals surface area (Å²) in [7, 11) is -1.70. The van der Waals surface area contributed by atoms with Crippen molar-refractivity contribution in [2.45, 2.75) is 38.1 Å². The number of carbonyl (C=O) groups excluding carboxylic acids is 1. The number of rotatable bonds is 10. The molecule has 1 amide bonds. The zero-order valence-electron chi connectivity index (χ0n) is 20.2. The van der Waals surface area contributed by atoms with Gasteiger partial charge >= 0.3 is 0 Å². The number of aryl methyl sites for hydroxylation is 2. The average Bonchev–Trinajstić information content (AvgIpc) is 3.42. The Hall–Kier alpha value is -3.50. The minimum absolute atomic E-state index is 0.160. The standard InChI is InChI=1S/C25H30N6O3S/c1-4-31(5-2)35(33,34)20-11-12-22-21(17-20)26-24(29(22)3)13-14-25(32)27-23-15-16-30(28-23)18-19-9-7-6-8-10-19/h6-12,15-17H,4-5,13-14,18H2,1-3H3,(H,27,28,32). The first kappa shape index (κ1) is 24.6. The van der Waals surface area contributed by atoms with Gasteiger partial charge in [-0.1, -0.05) is 44.2 Å². The summed E-state index contributed by atoms with van der Waals surface area (Å²) in [6.45, 7) is 5.07. The molecule has 0 fully saturated rings. The van der Waals surface area contributed by atoms with E-state index in [4.69, 9.17) is 0 Å². The largest absolute Gasteiger partial charge is 0.331 e. The Morgan fingerprint density at radius 1 is 1.06 bits per heavy atom. The maximum Gasteiger partial charge on any atom is 0.243 e. The summed E-state index contributed by atoms with van der Waals surface area (Å²) >= 11 is 0. The summed E-state index contributed by atoms with van der Waals surface area (Å²) in [5.41, 5.74) is 2.54. The van der Waals surface area contributed by atoms with Crippen molar-refractivity contribution in [2.75, 3.05) is 18.4 Å². The van der Waals surface area contributed by atoms with Gasteiger partial charge in [0.1, 0.15) is 5.82 Å². The molecular weight excluding hydrogens is 464 g/mol. The molecule has 35 heavy (non-hydrogen) atoms. The number of aromatic nitrogens is 4. The third kappa shape index (κ3) is 5.44. The van der Waals surface area contributed by atoms with Gasteiger partial charge in [-0.25, -0.2) is 13.4 Å². The first-order valence-electron chi connectivity index (χ1n) is 11.6. The molecule has 9 nitrogen and oxygen atoms in total. The Bertz CT molecular complexity index is 1420. The topological polar surface area (TPSA) is 102 Å². The quantitative estimate of drug-likeness (QED) is 0.364. The number of nitrogens with zero attached hydrogens (tertiary/aromatic N) is 5. The van der Waals surface area contributed by atoms with E-state index in [0.717, 1.165) is 11.1 Å². The summed E-state index contributed by atoms with van der Waals surface area (Å²) in [5, 5.41) is 7.25. The van der Waals surface area contributed by atoms with Crippen LogP contribution >= 0.6 is 0 Å². The number of fused-ring (bicyclic) bond motifs is 1. The van der Waals surface area contributed by atoms with Gasteiger partial charge in [0, 0.05) is 45.2 Å². The van der Waals surface area contributed by atoms with E-state index in [9.17, 15) is 13.2 Å². The van der Waals surface area contributed by atoms with Gasteiger partial charge in [-0.2, -0.15) is 9.40 Å². The summed E-state index contributed by atoms with van der Waals surface area (Å²) < 4.78 is 30.8. The van der Waals surface area contributed by atoms with Crippen LogP contribution in [-0.2, 0) is 34.8 Å². The molecule has 4 aromatic rings. The molecule has 0 saturated heterocycles.